The van der Waals surface area contributed by atoms with Crippen molar-refractivity contribution in [2.24, 2.45) is 0 Å². The summed E-state index contributed by atoms with van der Waals surface area (Å²) in [6.45, 7) is 4.20. The Balaban J connectivity index is 1.83. The second-order valence-corrected chi connectivity index (χ2v) is 8.64. The van der Waals surface area contributed by atoms with Crippen LogP contribution in [0.2, 0.25) is 0 Å². The monoisotopic (exact) mass is 431 g/mol. The van der Waals surface area contributed by atoms with Gasteiger partial charge in [0.05, 0.1) is 11.8 Å². The summed E-state index contributed by atoms with van der Waals surface area (Å²) < 4.78 is 28.4. The molecule has 1 heterocycles. The first-order valence-electron chi connectivity index (χ1n) is 12.1. The molecule has 172 valence electrons. The summed E-state index contributed by atoms with van der Waals surface area (Å²) in [5.41, 5.74) is 3.83. The largest absolute Gasteiger partial charge is 0.390 e. The van der Waals surface area contributed by atoms with E-state index >= 15 is 0 Å². The lowest BCUT2D eigenvalue weighted by molar-refractivity contribution is 0.0207. The van der Waals surface area contributed by atoms with Gasteiger partial charge in [0.2, 0.25) is 0 Å². The molecule has 0 bridgehead atoms. The van der Waals surface area contributed by atoms with Gasteiger partial charge in [-0.1, -0.05) is 89.1 Å². The fraction of sp³-hybridized carbons (Fsp3) is 0.593. The quantitative estimate of drug-likeness (QED) is 0.298. The van der Waals surface area contributed by atoms with Crippen molar-refractivity contribution in [3.8, 4) is 11.3 Å². The molecule has 0 aliphatic heterocycles. The summed E-state index contributed by atoms with van der Waals surface area (Å²) in [6.07, 6.45) is 7.79. The van der Waals surface area contributed by atoms with Crippen molar-refractivity contribution in [3.05, 3.63) is 53.7 Å². The van der Waals surface area contributed by atoms with Gasteiger partial charge in [0.15, 0.2) is 6.17 Å². The Morgan fingerprint density at radius 2 is 1.45 bits per heavy atom. The second kappa shape index (κ2) is 14.3. The Morgan fingerprint density at radius 3 is 2.10 bits per heavy atom. The maximum Gasteiger partial charge on any atom is 0.157 e. The Morgan fingerprint density at radius 1 is 0.806 bits per heavy atom. The molecule has 2 aromatic rings. The summed E-state index contributed by atoms with van der Waals surface area (Å²) >= 11 is 0. The molecule has 0 aliphatic carbocycles. The Labute approximate surface area is 187 Å². The second-order valence-electron chi connectivity index (χ2n) is 8.64. The number of halogens is 2. The van der Waals surface area contributed by atoms with E-state index in [1.54, 1.807) is 0 Å². The van der Waals surface area contributed by atoms with Crippen LogP contribution in [0, 0.1) is 0 Å². The fourth-order valence-corrected chi connectivity index (χ4v) is 3.82. The number of alkyl halides is 2. The highest BCUT2D eigenvalue weighted by molar-refractivity contribution is 5.59. The molecule has 0 fully saturated rings. The zero-order valence-corrected chi connectivity index (χ0v) is 19.2. The van der Waals surface area contributed by atoms with Crippen molar-refractivity contribution < 1.29 is 13.9 Å². The summed E-state index contributed by atoms with van der Waals surface area (Å²) in [5.74, 6) is 0. The summed E-state index contributed by atoms with van der Waals surface area (Å²) in [4.78, 5) is 4.58. The lowest BCUT2D eigenvalue weighted by Gasteiger charge is -2.19. The van der Waals surface area contributed by atoms with Crippen LogP contribution >= 0.6 is 0 Å². The van der Waals surface area contributed by atoms with Gasteiger partial charge < -0.3 is 5.11 Å². The van der Waals surface area contributed by atoms with Gasteiger partial charge in [-0.25, -0.2) is 8.78 Å². The molecule has 3 unspecified atom stereocenters. The van der Waals surface area contributed by atoms with E-state index in [2.05, 4.69) is 18.0 Å². The van der Waals surface area contributed by atoms with E-state index in [0.717, 1.165) is 29.7 Å². The van der Waals surface area contributed by atoms with Crippen molar-refractivity contribution in [2.75, 3.05) is 0 Å². The van der Waals surface area contributed by atoms with Crippen LogP contribution in [0.3, 0.4) is 0 Å². The smallest absolute Gasteiger partial charge is 0.157 e. The van der Waals surface area contributed by atoms with Crippen LogP contribution in [0.15, 0.2) is 42.6 Å². The number of aryl methyl sites for hydroxylation is 1. The standard InChI is InChI=1S/C27H39F2NO/c1-3-5-7-8-9-10-11-22-15-18-25(30-20-22)23-16-13-21(14-17-23)19-24(28)27(29)26(31)12-6-4-2/h13-18,20,24,26-27,31H,3-12,19H2,1-2H3. The molecule has 0 saturated heterocycles. The molecule has 0 aliphatic rings. The number of rotatable bonds is 15. The number of hydrogen-bond acceptors (Lipinski definition) is 2. The normalized spacial score (nSPS) is 14.4. The molecule has 31 heavy (non-hydrogen) atoms. The molecule has 1 aromatic carbocycles. The highest BCUT2D eigenvalue weighted by Gasteiger charge is 2.27. The van der Waals surface area contributed by atoms with E-state index in [0.29, 0.717) is 12.8 Å². The van der Waals surface area contributed by atoms with Gasteiger partial charge in [0.1, 0.15) is 6.17 Å². The van der Waals surface area contributed by atoms with E-state index < -0.39 is 18.4 Å². The van der Waals surface area contributed by atoms with Crippen LogP contribution in [0.1, 0.15) is 82.8 Å². The molecule has 0 amide bonds. The van der Waals surface area contributed by atoms with Crippen molar-refractivity contribution in [1.29, 1.82) is 0 Å². The van der Waals surface area contributed by atoms with Gasteiger partial charge in [-0.2, -0.15) is 0 Å². The summed E-state index contributed by atoms with van der Waals surface area (Å²) in [7, 11) is 0. The third-order valence-electron chi connectivity index (χ3n) is 5.89. The molecule has 2 rings (SSSR count). The minimum Gasteiger partial charge on any atom is -0.390 e. The summed E-state index contributed by atoms with van der Waals surface area (Å²) in [5, 5.41) is 9.79. The lowest BCUT2D eigenvalue weighted by atomic mass is 9.98. The number of aliphatic hydroxyl groups is 1. The number of benzene rings is 1. The number of hydrogen-bond donors (Lipinski definition) is 1. The average molecular weight is 432 g/mol. The van der Waals surface area contributed by atoms with Crippen molar-refractivity contribution in [2.45, 2.75) is 103 Å². The number of unbranched alkanes of at least 4 members (excludes halogenated alkanes) is 6. The molecule has 4 heteroatoms. The number of aromatic nitrogens is 1. The maximum atomic E-state index is 14.3. The molecular formula is C27H39F2NO. The van der Waals surface area contributed by atoms with Crippen LogP contribution in [-0.4, -0.2) is 28.5 Å². The molecule has 1 N–H and O–H groups in total. The first-order valence-corrected chi connectivity index (χ1v) is 12.1. The minimum atomic E-state index is -1.84. The average Bonchev–Trinajstić information content (AvgIpc) is 2.80. The van der Waals surface area contributed by atoms with Crippen molar-refractivity contribution in [3.63, 3.8) is 0 Å². The summed E-state index contributed by atoms with van der Waals surface area (Å²) in [6, 6.07) is 11.6. The van der Waals surface area contributed by atoms with Gasteiger partial charge in [0, 0.05) is 18.2 Å². The van der Waals surface area contributed by atoms with Crippen molar-refractivity contribution in [1.82, 2.24) is 4.98 Å². The first kappa shape index (κ1) is 25.5. The maximum absolute atomic E-state index is 14.3. The topological polar surface area (TPSA) is 33.1 Å². The van der Waals surface area contributed by atoms with Gasteiger partial charge in [-0.05, 0) is 36.5 Å². The minimum absolute atomic E-state index is 0.0325. The van der Waals surface area contributed by atoms with Crippen molar-refractivity contribution >= 4 is 0 Å². The number of pyridine rings is 1. The highest BCUT2D eigenvalue weighted by atomic mass is 19.2. The van der Waals surface area contributed by atoms with Gasteiger partial charge >= 0.3 is 0 Å². The molecule has 0 radical (unpaired) electrons. The van der Waals surface area contributed by atoms with Crippen LogP contribution in [0.4, 0.5) is 8.78 Å². The first-order chi connectivity index (χ1) is 15.0. The van der Waals surface area contributed by atoms with Gasteiger partial charge in [0.25, 0.3) is 0 Å². The third-order valence-corrected chi connectivity index (χ3v) is 5.89. The van der Waals surface area contributed by atoms with E-state index in [-0.39, 0.29) is 6.42 Å². The molecular weight excluding hydrogens is 392 g/mol. The highest BCUT2D eigenvalue weighted by Crippen LogP contribution is 2.22. The fourth-order valence-electron chi connectivity index (χ4n) is 3.82. The Bertz CT molecular complexity index is 717. The van der Waals surface area contributed by atoms with E-state index in [1.165, 1.54) is 44.1 Å². The lowest BCUT2D eigenvalue weighted by Crippen LogP contribution is -2.32. The van der Waals surface area contributed by atoms with Crippen LogP contribution < -0.4 is 0 Å². The molecule has 0 saturated carbocycles. The van der Waals surface area contributed by atoms with Gasteiger partial charge in [-0.15, -0.1) is 0 Å². The van der Waals surface area contributed by atoms with E-state index in [1.807, 2.05) is 43.5 Å². The number of nitrogens with zero attached hydrogens (tertiary/aromatic N) is 1. The van der Waals surface area contributed by atoms with Crippen LogP contribution in [-0.2, 0) is 12.8 Å². The molecule has 1 aromatic heterocycles. The zero-order valence-electron chi connectivity index (χ0n) is 19.2. The Hall–Kier alpha value is -1.81. The van der Waals surface area contributed by atoms with Crippen LogP contribution in [0.25, 0.3) is 11.3 Å². The predicted octanol–water partition coefficient (Wildman–Crippen LogP) is 7.42. The number of aliphatic hydroxyl groups excluding tert-OH is 1. The van der Waals surface area contributed by atoms with Crippen LogP contribution in [0.5, 0.6) is 0 Å². The molecule has 0 spiro atoms. The predicted molar refractivity (Wildman–Crippen MR) is 126 cm³/mol. The molecule has 3 atom stereocenters. The van der Waals surface area contributed by atoms with E-state index in [4.69, 9.17) is 0 Å². The zero-order chi connectivity index (χ0) is 22.5. The Kier molecular flexibility index (Phi) is 11.7. The molecule has 2 nitrogen and oxygen atoms in total. The SMILES string of the molecule is CCCCCCCCc1ccc(-c2ccc(CC(F)C(F)C(O)CCCC)cc2)nc1. The third kappa shape index (κ3) is 9.06. The van der Waals surface area contributed by atoms with E-state index in [9.17, 15) is 13.9 Å². The van der Waals surface area contributed by atoms with Gasteiger partial charge in [-0.3, -0.25) is 4.98 Å².